The maximum Gasteiger partial charge on any atom is 0.254 e. The normalized spacial score (nSPS) is 10.3. The van der Waals surface area contributed by atoms with Gasteiger partial charge in [-0.2, -0.15) is 0 Å². The fraction of sp³-hybridized carbons (Fsp3) is 0.263. The van der Waals surface area contributed by atoms with E-state index in [1.54, 1.807) is 24.3 Å². The third kappa shape index (κ3) is 6.86. The first kappa shape index (κ1) is 20.6. The summed E-state index contributed by atoms with van der Waals surface area (Å²) >= 11 is 5.96. The third-order valence-corrected chi connectivity index (χ3v) is 3.86. The van der Waals surface area contributed by atoms with Crippen LogP contribution in [0.25, 0.3) is 0 Å². The highest BCUT2D eigenvalue weighted by Crippen LogP contribution is 2.23. The molecule has 0 aliphatic carbocycles. The summed E-state index contributed by atoms with van der Waals surface area (Å²) in [7, 11) is 0. The highest BCUT2D eigenvalue weighted by atomic mass is 35.5. The van der Waals surface area contributed by atoms with Crippen molar-refractivity contribution in [3.05, 3.63) is 64.7 Å². The van der Waals surface area contributed by atoms with Crippen LogP contribution < -0.4 is 15.4 Å². The van der Waals surface area contributed by atoms with Crippen molar-refractivity contribution in [2.24, 2.45) is 0 Å². The van der Waals surface area contributed by atoms with Crippen molar-refractivity contribution in [3.8, 4) is 5.75 Å². The van der Waals surface area contributed by atoms with E-state index in [2.05, 4.69) is 10.6 Å². The Bertz CT molecular complexity index is 802. The molecule has 8 heteroatoms. The molecule has 2 aromatic rings. The molecular formula is C19H19ClF2N2O3. The number of nitrogens with one attached hydrogen (secondary N) is 2. The number of rotatable bonds is 9. The number of carbonyl (C=O) groups is 2. The van der Waals surface area contributed by atoms with Crippen LogP contribution in [0.3, 0.4) is 0 Å². The van der Waals surface area contributed by atoms with Crippen LogP contribution in [0, 0.1) is 11.6 Å². The fourth-order valence-electron chi connectivity index (χ4n) is 2.21. The average molecular weight is 397 g/mol. The number of amides is 2. The minimum atomic E-state index is -0.935. The fourth-order valence-corrected chi connectivity index (χ4v) is 2.40. The molecule has 0 saturated heterocycles. The smallest absolute Gasteiger partial charge is 0.254 e. The van der Waals surface area contributed by atoms with Crippen LogP contribution in [0.15, 0.2) is 42.5 Å². The number of hydrogen-bond acceptors (Lipinski definition) is 3. The maximum atomic E-state index is 13.5. The van der Waals surface area contributed by atoms with Crippen LogP contribution >= 0.6 is 11.6 Å². The predicted octanol–water partition coefficient (Wildman–Crippen LogP) is 3.32. The second-order valence-corrected chi connectivity index (χ2v) is 6.02. The Hall–Kier alpha value is -2.67. The van der Waals surface area contributed by atoms with Crippen molar-refractivity contribution in [1.82, 2.24) is 10.6 Å². The van der Waals surface area contributed by atoms with Crippen molar-refractivity contribution in [2.75, 3.05) is 19.7 Å². The summed E-state index contributed by atoms with van der Waals surface area (Å²) in [5.74, 6) is -1.99. The van der Waals surface area contributed by atoms with E-state index < -0.39 is 17.5 Å². The summed E-state index contributed by atoms with van der Waals surface area (Å²) < 4.78 is 31.8. The van der Waals surface area contributed by atoms with Gasteiger partial charge in [0.2, 0.25) is 5.91 Å². The van der Waals surface area contributed by atoms with Gasteiger partial charge in [0.1, 0.15) is 17.4 Å². The monoisotopic (exact) mass is 396 g/mol. The summed E-state index contributed by atoms with van der Waals surface area (Å²) in [6.45, 7) is 0.661. The van der Waals surface area contributed by atoms with Gasteiger partial charge in [0.05, 0.1) is 17.2 Å². The van der Waals surface area contributed by atoms with Gasteiger partial charge in [-0.3, -0.25) is 9.59 Å². The number of para-hydroxylation sites is 1. The molecule has 2 aromatic carbocycles. The van der Waals surface area contributed by atoms with Crippen molar-refractivity contribution >= 4 is 23.4 Å². The van der Waals surface area contributed by atoms with Crippen LogP contribution in [0.2, 0.25) is 5.02 Å². The lowest BCUT2D eigenvalue weighted by atomic mass is 10.2. The Balaban J connectivity index is 1.59. The molecule has 2 rings (SSSR count). The van der Waals surface area contributed by atoms with E-state index in [1.165, 1.54) is 0 Å². The van der Waals surface area contributed by atoms with Gasteiger partial charge in [-0.1, -0.05) is 23.7 Å². The second kappa shape index (κ2) is 10.5. The average Bonchev–Trinajstić information content (AvgIpc) is 2.63. The van der Waals surface area contributed by atoms with Crippen molar-refractivity contribution in [2.45, 2.75) is 12.8 Å². The van der Waals surface area contributed by atoms with E-state index in [0.29, 0.717) is 29.9 Å². The van der Waals surface area contributed by atoms with Crippen LogP contribution in [0.5, 0.6) is 5.75 Å². The molecule has 0 saturated carbocycles. The molecule has 27 heavy (non-hydrogen) atoms. The van der Waals surface area contributed by atoms with Crippen molar-refractivity contribution in [3.63, 3.8) is 0 Å². The number of benzene rings is 2. The van der Waals surface area contributed by atoms with E-state index in [4.69, 9.17) is 16.3 Å². The summed E-state index contributed by atoms with van der Waals surface area (Å²) in [4.78, 5) is 23.5. The molecule has 2 amide bonds. The number of hydrogen-bond donors (Lipinski definition) is 2. The van der Waals surface area contributed by atoms with Crippen molar-refractivity contribution < 1.29 is 23.1 Å². The van der Waals surface area contributed by atoms with Crippen molar-refractivity contribution in [1.29, 1.82) is 0 Å². The zero-order valence-electron chi connectivity index (χ0n) is 14.4. The minimum Gasteiger partial charge on any atom is -0.492 e. The predicted molar refractivity (Wildman–Crippen MR) is 97.9 cm³/mol. The van der Waals surface area contributed by atoms with Crippen LogP contribution in [0.1, 0.15) is 23.2 Å². The van der Waals surface area contributed by atoms with E-state index in [1.807, 2.05) is 0 Å². The molecular weight excluding hydrogens is 378 g/mol. The molecule has 0 bridgehead atoms. The van der Waals surface area contributed by atoms with Crippen LogP contribution in [0.4, 0.5) is 8.78 Å². The Morgan fingerprint density at radius 2 is 1.78 bits per heavy atom. The van der Waals surface area contributed by atoms with Gasteiger partial charge >= 0.3 is 0 Å². The van der Waals surface area contributed by atoms with E-state index in [-0.39, 0.29) is 31.0 Å². The molecule has 0 fully saturated rings. The van der Waals surface area contributed by atoms with E-state index in [0.717, 1.165) is 12.1 Å². The highest BCUT2D eigenvalue weighted by Gasteiger charge is 2.12. The summed E-state index contributed by atoms with van der Waals surface area (Å²) in [5.41, 5.74) is -0.251. The molecule has 5 nitrogen and oxygen atoms in total. The quantitative estimate of drug-likeness (QED) is 0.639. The van der Waals surface area contributed by atoms with Gasteiger partial charge < -0.3 is 15.4 Å². The van der Waals surface area contributed by atoms with E-state index in [9.17, 15) is 18.4 Å². The maximum absolute atomic E-state index is 13.5. The largest absolute Gasteiger partial charge is 0.492 e. The van der Waals surface area contributed by atoms with Gasteiger partial charge in [-0.25, -0.2) is 8.78 Å². The summed E-state index contributed by atoms with van der Waals surface area (Å²) in [5, 5.41) is 5.60. The summed E-state index contributed by atoms with van der Waals surface area (Å²) in [6, 6.07) is 9.78. The zero-order valence-corrected chi connectivity index (χ0v) is 15.2. The Labute approximate surface area is 160 Å². The molecule has 0 aliphatic heterocycles. The first-order valence-corrected chi connectivity index (χ1v) is 8.72. The van der Waals surface area contributed by atoms with Crippen LogP contribution in [-0.2, 0) is 4.79 Å². The zero-order chi connectivity index (χ0) is 19.6. The van der Waals surface area contributed by atoms with Gasteiger partial charge in [0.25, 0.3) is 5.91 Å². The lowest BCUT2D eigenvalue weighted by molar-refractivity contribution is -0.121. The van der Waals surface area contributed by atoms with Gasteiger partial charge in [-0.05, 0) is 30.7 Å². The first-order chi connectivity index (χ1) is 13.0. The van der Waals surface area contributed by atoms with Gasteiger partial charge in [0.15, 0.2) is 0 Å². The molecule has 0 radical (unpaired) electrons. The molecule has 0 aliphatic rings. The second-order valence-electron chi connectivity index (χ2n) is 5.61. The van der Waals surface area contributed by atoms with Gasteiger partial charge in [0, 0.05) is 25.6 Å². The number of halogens is 3. The molecule has 0 spiro atoms. The third-order valence-electron chi connectivity index (χ3n) is 3.55. The Morgan fingerprint density at radius 1 is 1.04 bits per heavy atom. The Morgan fingerprint density at radius 3 is 2.52 bits per heavy atom. The highest BCUT2D eigenvalue weighted by molar-refractivity contribution is 6.32. The molecule has 2 N–H and O–H groups in total. The lowest BCUT2D eigenvalue weighted by Gasteiger charge is -2.09. The number of ether oxygens (including phenoxy) is 1. The SMILES string of the molecule is O=C(CCCOc1ccccc1Cl)NCCNC(=O)c1ccc(F)cc1F. The molecule has 144 valence electrons. The topological polar surface area (TPSA) is 67.4 Å². The standard InChI is InChI=1S/C19H19ClF2N2O3/c20-15-4-1-2-5-17(15)27-11-3-6-18(25)23-9-10-24-19(26)14-8-7-13(21)12-16(14)22/h1-2,4-5,7-8,12H,3,6,9-11H2,(H,23,25)(H,24,26). The molecule has 0 heterocycles. The summed E-state index contributed by atoms with van der Waals surface area (Å²) in [6.07, 6.45) is 0.759. The number of carbonyl (C=O) groups excluding carboxylic acids is 2. The first-order valence-electron chi connectivity index (χ1n) is 8.34. The molecule has 0 unspecified atom stereocenters. The lowest BCUT2D eigenvalue weighted by Crippen LogP contribution is -2.35. The molecule has 0 aromatic heterocycles. The molecule has 0 atom stereocenters. The van der Waals surface area contributed by atoms with Crippen LogP contribution in [-0.4, -0.2) is 31.5 Å². The van der Waals surface area contributed by atoms with E-state index >= 15 is 0 Å². The minimum absolute atomic E-state index is 0.123. The Kier molecular flexibility index (Phi) is 8.00. The van der Waals surface area contributed by atoms with Gasteiger partial charge in [-0.15, -0.1) is 0 Å².